The summed E-state index contributed by atoms with van der Waals surface area (Å²) in [5, 5.41) is 13.4. The molecule has 0 bridgehead atoms. The van der Waals surface area contributed by atoms with Crippen LogP contribution in [0.3, 0.4) is 0 Å². The number of hydrogen-bond acceptors (Lipinski definition) is 7. The fraction of sp³-hybridized carbons (Fsp3) is 0.360. The number of ether oxygens (including phenoxy) is 2. The van der Waals surface area contributed by atoms with Crippen LogP contribution in [-0.4, -0.2) is 61.3 Å². The molecule has 1 saturated heterocycles. The van der Waals surface area contributed by atoms with Gasteiger partial charge in [0, 0.05) is 41.5 Å². The smallest absolute Gasteiger partial charge is 0.338 e. The van der Waals surface area contributed by atoms with Crippen molar-refractivity contribution >= 4 is 23.4 Å². The molecule has 2 aromatic carbocycles. The molecule has 2 aliphatic heterocycles. The number of aliphatic imine (C=N–C) groups is 1. The highest BCUT2D eigenvalue weighted by molar-refractivity contribution is 6.31. The Morgan fingerprint density at radius 1 is 1.29 bits per heavy atom. The van der Waals surface area contributed by atoms with Gasteiger partial charge < -0.3 is 19.9 Å². The van der Waals surface area contributed by atoms with Crippen LogP contribution in [0.15, 0.2) is 58.7 Å². The van der Waals surface area contributed by atoms with E-state index in [1.165, 1.54) is 18.2 Å². The third kappa shape index (κ3) is 5.31. The van der Waals surface area contributed by atoms with Crippen molar-refractivity contribution in [1.82, 2.24) is 10.2 Å². The van der Waals surface area contributed by atoms with Gasteiger partial charge in [-0.1, -0.05) is 41.9 Å². The number of nitrogens with one attached hydrogen (secondary N) is 1. The topological polar surface area (TPSA) is 83.4 Å². The Hall–Kier alpha value is -2.78. The van der Waals surface area contributed by atoms with Gasteiger partial charge in [0.05, 0.1) is 32.0 Å². The van der Waals surface area contributed by atoms with Crippen molar-refractivity contribution in [3.63, 3.8) is 0 Å². The van der Waals surface area contributed by atoms with E-state index in [4.69, 9.17) is 26.1 Å². The summed E-state index contributed by atoms with van der Waals surface area (Å²) in [6.07, 6.45) is 0. The van der Waals surface area contributed by atoms with Crippen molar-refractivity contribution in [2.24, 2.45) is 4.99 Å². The summed E-state index contributed by atoms with van der Waals surface area (Å²) in [5.41, 5.74) is 2.83. The van der Waals surface area contributed by atoms with Gasteiger partial charge in [-0.3, -0.25) is 9.89 Å². The van der Waals surface area contributed by atoms with Crippen molar-refractivity contribution in [2.45, 2.75) is 19.6 Å². The number of aliphatic hydroxyl groups excluding tert-OH is 1. The molecule has 2 N–H and O–H groups in total. The zero-order valence-electron chi connectivity index (χ0n) is 18.9. The zero-order chi connectivity index (χ0) is 24.1. The Bertz CT molecular complexity index is 1120. The summed E-state index contributed by atoms with van der Waals surface area (Å²) in [6, 6.07) is 10.6. The van der Waals surface area contributed by atoms with Gasteiger partial charge in [0.15, 0.2) is 0 Å². The minimum Gasteiger partial charge on any atom is -0.463 e. The first kappa shape index (κ1) is 24.3. The quantitative estimate of drug-likeness (QED) is 0.583. The predicted molar refractivity (Wildman–Crippen MR) is 127 cm³/mol. The molecule has 0 radical (unpaired) electrons. The molecule has 1 unspecified atom stereocenters. The van der Waals surface area contributed by atoms with Gasteiger partial charge in [-0.05, 0) is 24.6 Å². The lowest BCUT2D eigenvalue weighted by Crippen LogP contribution is -2.43. The molecule has 1 fully saturated rings. The van der Waals surface area contributed by atoms with Crippen molar-refractivity contribution in [1.29, 1.82) is 0 Å². The summed E-state index contributed by atoms with van der Waals surface area (Å²) in [7, 11) is 0. The summed E-state index contributed by atoms with van der Waals surface area (Å²) >= 11 is 6.43. The lowest BCUT2D eigenvalue weighted by molar-refractivity contribution is -0.139. The largest absolute Gasteiger partial charge is 0.463 e. The molecule has 2 heterocycles. The number of esters is 1. The van der Waals surface area contributed by atoms with Gasteiger partial charge in [0.2, 0.25) is 0 Å². The Morgan fingerprint density at radius 2 is 2.06 bits per heavy atom. The maximum atomic E-state index is 13.8. The first-order valence-electron chi connectivity index (χ1n) is 11.2. The Kier molecular flexibility index (Phi) is 7.95. The SMILES string of the molecule is CCOC(=O)C1=C(CN2CCOCC2)NC(c2ccccc2CO)=NC1c1ccc(F)cc1Cl. The molecule has 0 saturated carbocycles. The van der Waals surface area contributed by atoms with Gasteiger partial charge in [-0.15, -0.1) is 0 Å². The molecule has 0 amide bonds. The second kappa shape index (κ2) is 11.1. The fourth-order valence-electron chi connectivity index (χ4n) is 4.13. The van der Waals surface area contributed by atoms with Gasteiger partial charge in [0.25, 0.3) is 0 Å². The second-order valence-corrected chi connectivity index (χ2v) is 8.39. The molecular formula is C25H27ClFN3O4. The van der Waals surface area contributed by atoms with E-state index in [1.807, 2.05) is 24.3 Å². The highest BCUT2D eigenvalue weighted by Crippen LogP contribution is 2.37. The number of benzene rings is 2. The molecule has 2 aliphatic rings. The third-order valence-corrected chi connectivity index (χ3v) is 6.13. The van der Waals surface area contributed by atoms with E-state index in [0.29, 0.717) is 66.6 Å². The molecule has 9 heteroatoms. The number of carbonyl (C=O) groups excluding carboxylic acids is 1. The standard InChI is InChI=1S/C25H27ClFN3O4/c1-2-34-25(32)22-21(14-30-9-11-33-12-10-30)28-24(18-6-4-3-5-16(18)15-31)29-23(22)19-8-7-17(27)13-20(19)26/h3-8,13,23,31H,2,9-12,14-15H2,1H3,(H,28,29). The van der Waals surface area contributed by atoms with Crippen LogP contribution in [0.1, 0.15) is 29.7 Å². The van der Waals surface area contributed by atoms with Crippen molar-refractivity contribution in [3.8, 4) is 0 Å². The van der Waals surface area contributed by atoms with E-state index in [-0.39, 0.29) is 18.2 Å². The molecule has 0 spiro atoms. The Balaban J connectivity index is 1.86. The number of amidine groups is 1. The number of carbonyl (C=O) groups is 1. The third-order valence-electron chi connectivity index (χ3n) is 5.81. The highest BCUT2D eigenvalue weighted by Gasteiger charge is 2.34. The van der Waals surface area contributed by atoms with Gasteiger partial charge in [-0.25, -0.2) is 9.18 Å². The summed E-state index contributed by atoms with van der Waals surface area (Å²) in [4.78, 5) is 20.2. The average Bonchev–Trinajstić information content (AvgIpc) is 2.84. The van der Waals surface area contributed by atoms with Crippen molar-refractivity contribution in [2.75, 3.05) is 39.5 Å². The monoisotopic (exact) mass is 487 g/mol. The van der Waals surface area contributed by atoms with E-state index in [9.17, 15) is 14.3 Å². The maximum absolute atomic E-state index is 13.8. The molecule has 0 aliphatic carbocycles. The van der Waals surface area contributed by atoms with Gasteiger partial charge in [0.1, 0.15) is 17.7 Å². The Labute approximate surface area is 202 Å². The maximum Gasteiger partial charge on any atom is 0.338 e. The van der Waals surface area contributed by atoms with E-state index in [0.717, 1.165) is 0 Å². The highest BCUT2D eigenvalue weighted by atomic mass is 35.5. The molecule has 2 aromatic rings. The molecule has 0 aromatic heterocycles. The number of hydrogen-bond donors (Lipinski definition) is 2. The number of nitrogens with zero attached hydrogens (tertiary/aromatic N) is 2. The number of rotatable bonds is 7. The van der Waals surface area contributed by atoms with Gasteiger partial charge in [-0.2, -0.15) is 0 Å². The van der Waals surface area contributed by atoms with Crippen LogP contribution >= 0.6 is 11.6 Å². The molecular weight excluding hydrogens is 461 g/mol. The summed E-state index contributed by atoms with van der Waals surface area (Å²) < 4.78 is 24.7. The van der Waals surface area contributed by atoms with Crippen LogP contribution in [0.5, 0.6) is 0 Å². The van der Waals surface area contributed by atoms with Crippen LogP contribution in [0.25, 0.3) is 0 Å². The van der Waals surface area contributed by atoms with E-state index < -0.39 is 17.8 Å². The van der Waals surface area contributed by atoms with Crippen molar-refractivity contribution in [3.05, 3.63) is 81.3 Å². The first-order chi connectivity index (χ1) is 16.5. The summed E-state index contributed by atoms with van der Waals surface area (Å²) in [6.45, 7) is 4.82. The molecule has 4 rings (SSSR count). The van der Waals surface area contributed by atoms with E-state index in [1.54, 1.807) is 6.92 Å². The molecule has 180 valence electrons. The van der Waals surface area contributed by atoms with Crippen LogP contribution < -0.4 is 5.32 Å². The van der Waals surface area contributed by atoms with Crippen LogP contribution in [0, 0.1) is 5.82 Å². The Morgan fingerprint density at radius 3 is 2.76 bits per heavy atom. The lowest BCUT2D eigenvalue weighted by Gasteiger charge is -2.33. The minimum atomic E-state index is -0.814. The normalized spacial score (nSPS) is 18.9. The second-order valence-electron chi connectivity index (χ2n) is 7.99. The van der Waals surface area contributed by atoms with Crippen LogP contribution in [0.4, 0.5) is 4.39 Å². The van der Waals surface area contributed by atoms with E-state index >= 15 is 0 Å². The van der Waals surface area contributed by atoms with Crippen molar-refractivity contribution < 1.29 is 23.8 Å². The number of halogens is 2. The summed E-state index contributed by atoms with van der Waals surface area (Å²) in [5.74, 6) is -0.499. The fourth-order valence-corrected chi connectivity index (χ4v) is 4.40. The number of aliphatic hydroxyl groups is 1. The number of morpholine rings is 1. The zero-order valence-corrected chi connectivity index (χ0v) is 19.6. The first-order valence-corrected chi connectivity index (χ1v) is 11.6. The average molecular weight is 488 g/mol. The van der Waals surface area contributed by atoms with Crippen LogP contribution in [0.2, 0.25) is 5.02 Å². The molecule has 7 nitrogen and oxygen atoms in total. The molecule has 34 heavy (non-hydrogen) atoms. The van der Waals surface area contributed by atoms with E-state index in [2.05, 4.69) is 10.2 Å². The lowest BCUT2D eigenvalue weighted by atomic mass is 9.94. The molecule has 1 atom stereocenters. The van der Waals surface area contributed by atoms with Crippen LogP contribution in [-0.2, 0) is 20.9 Å². The minimum absolute atomic E-state index is 0.165. The predicted octanol–water partition coefficient (Wildman–Crippen LogP) is 3.21. The van der Waals surface area contributed by atoms with Gasteiger partial charge >= 0.3 is 5.97 Å².